The predicted molar refractivity (Wildman–Crippen MR) is 77.4 cm³/mol. The number of likely N-dealkylation sites (N-methyl/N-ethyl adjacent to an activating group) is 1. The van der Waals surface area contributed by atoms with Crippen molar-refractivity contribution in [2.45, 2.75) is 13.5 Å². The van der Waals surface area contributed by atoms with Crippen LogP contribution in [-0.2, 0) is 6.54 Å². The lowest BCUT2D eigenvalue weighted by Gasteiger charge is -2.22. The minimum absolute atomic E-state index is 0.173. The predicted octanol–water partition coefficient (Wildman–Crippen LogP) is 2.71. The van der Waals surface area contributed by atoms with Crippen LogP contribution in [0.1, 0.15) is 12.7 Å². The summed E-state index contributed by atoms with van der Waals surface area (Å²) in [7, 11) is 0. The normalized spacial score (nSPS) is 10.4. The molecule has 4 heteroatoms. The molecule has 0 aliphatic heterocycles. The second kappa shape index (κ2) is 6.85. The van der Waals surface area contributed by atoms with E-state index in [9.17, 15) is 0 Å². The molecule has 0 unspecified atom stereocenters. The zero-order valence-electron chi connectivity index (χ0n) is 11.2. The van der Waals surface area contributed by atoms with Crippen molar-refractivity contribution >= 4 is 11.4 Å². The Bertz CT molecular complexity index is 465. The summed E-state index contributed by atoms with van der Waals surface area (Å²) in [6, 6.07) is 12.0. The molecule has 0 saturated carbocycles. The number of furan rings is 1. The standard InChI is InChI=1S/C15H20N2O2/c1-2-17(9-10-18)14-7-5-13(6-8-14)16-12-15-4-3-11-19-15/h3-8,11,16,18H,2,9-10,12H2,1H3. The molecule has 0 saturated heterocycles. The lowest BCUT2D eigenvalue weighted by Crippen LogP contribution is -2.25. The quantitative estimate of drug-likeness (QED) is 0.803. The van der Waals surface area contributed by atoms with Gasteiger partial charge >= 0.3 is 0 Å². The monoisotopic (exact) mass is 260 g/mol. The number of aliphatic hydroxyl groups excluding tert-OH is 1. The van der Waals surface area contributed by atoms with E-state index in [2.05, 4.69) is 29.3 Å². The van der Waals surface area contributed by atoms with Crippen molar-refractivity contribution in [2.75, 3.05) is 29.9 Å². The zero-order valence-corrected chi connectivity index (χ0v) is 11.2. The fraction of sp³-hybridized carbons (Fsp3) is 0.333. The lowest BCUT2D eigenvalue weighted by molar-refractivity contribution is 0.302. The summed E-state index contributed by atoms with van der Waals surface area (Å²) in [5.41, 5.74) is 2.18. The second-order valence-electron chi connectivity index (χ2n) is 4.28. The van der Waals surface area contributed by atoms with Gasteiger partial charge in [-0.05, 0) is 43.3 Å². The van der Waals surface area contributed by atoms with E-state index in [0.29, 0.717) is 13.1 Å². The van der Waals surface area contributed by atoms with Crippen molar-refractivity contribution in [2.24, 2.45) is 0 Å². The van der Waals surface area contributed by atoms with E-state index < -0.39 is 0 Å². The van der Waals surface area contributed by atoms with E-state index in [0.717, 1.165) is 23.7 Å². The van der Waals surface area contributed by atoms with Crippen LogP contribution in [0.5, 0.6) is 0 Å². The first kappa shape index (κ1) is 13.5. The molecule has 102 valence electrons. The Morgan fingerprint density at radius 2 is 2.00 bits per heavy atom. The van der Waals surface area contributed by atoms with Crippen molar-refractivity contribution < 1.29 is 9.52 Å². The number of hydrogen-bond acceptors (Lipinski definition) is 4. The fourth-order valence-electron chi connectivity index (χ4n) is 1.98. The van der Waals surface area contributed by atoms with E-state index >= 15 is 0 Å². The molecule has 1 aromatic carbocycles. The van der Waals surface area contributed by atoms with Crippen LogP contribution in [0.4, 0.5) is 11.4 Å². The maximum Gasteiger partial charge on any atom is 0.122 e. The maximum absolute atomic E-state index is 9.01. The molecule has 0 spiro atoms. The molecule has 0 fully saturated rings. The minimum atomic E-state index is 0.173. The molecule has 2 rings (SSSR count). The van der Waals surface area contributed by atoms with Crippen LogP contribution >= 0.6 is 0 Å². The molecule has 0 amide bonds. The summed E-state index contributed by atoms with van der Waals surface area (Å²) in [5.74, 6) is 0.916. The fourth-order valence-corrected chi connectivity index (χ4v) is 1.98. The number of nitrogens with one attached hydrogen (secondary N) is 1. The van der Waals surface area contributed by atoms with Crippen molar-refractivity contribution in [3.05, 3.63) is 48.4 Å². The molecule has 19 heavy (non-hydrogen) atoms. The highest BCUT2D eigenvalue weighted by molar-refractivity contribution is 5.55. The van der Waals surface area contributed by atoms with Gasteiger partial charge < -0.3 is 19.7 Å². The summed E-state index contributed by atoms with van der Waals surface area (Å²) < 4.78 is 5.27. The average molecular weight is 260 g/mol. The van der Waals surface area contributed by atoms with Crippen molar-refractivity contribution in [1.82, 2.24) is 0 Å². The Morgan fingerprint density at radius 1 is 1.21 bits per heavy atom. The van der Waals surface area contributed by atoms with Gasteiger partial charge in [0.1, 0.15) is 5.76 Å². The molecular weight excluding hydrogens is 240 g/mol. The van der Waals surface area contributed by atoms with E-state index in [4.69, 9.17) is 9.52 Å². The van der Waals surface area contributed by atoms with Crippen molar-refractivity contribution in [1.29, 1.82) is 0 Å². The van der Waals surface area contributed by atoms with Gasteiger partial charge in [-0.2, -0.15) is 0 Å². The molecule has 0 aliphatic carbocycles. The third kappa shape index (κ3) is 3.76. The summed E-state index contributed by atoms with van der Waals surface area (Å²) in [6.07, 6.45) is 1.67. The SMILES string of the molecule is CCN(CCO)c1ccc(NCc2ccco2)cc1. The van der Waals surface area contributed by atoms with Gasteiger partial charge in [-0.15, -0.1) is 0 Å². The van der Waals surface area contributed by atoms with E-state index in [1.165, 1.54) is 0 Å². The third-order valence-electron chi connectivity index (χ3n) is 3.03. The van der Waals surface area contributed by atoms with E-state index in [1.807, 2.05) is 24.3 Å². The molecule has 0 aliphatic rings. The van der Waals surface area contributed by atoms with Gasteiger partial charge in [-0.25, -0.2) is 0 Å². The van der Waals surface area contributed by atoms with Crippen LogP contribution < -0.4 is 10.2 Å². The highest BCUT2D eigenvalue weighted by atomic mass is 16.3. The van der Waals surface area contributed by atoms with Crippen LogP contribution in [0.2, 0.25) is 0 Å². The number of benzene rings is 1. The third-order valence-corrected chi connectivity index (χ3v) is 3.03. The van der Waals surface area contributed by atoms with Gasteiger partial charge in [0.25, 0.3) is 0 Å². The molecule has 2 N–H and O–H groups in total. The van der Waals surface area contributed by atoms with Crippen LogP contribution in [0.25, 0.3) is 0 Å². The van der Waals surface area contributed by atoms with Crippen LogP contribution in [0, 0.1) is 0 Å². The summed E-state index contributed by atoms with van der Waals surface area (Å²) >= 11 is 0. The van der Waals surface area contributed by atoms with E-state index in [-0.39, 0.29) is 6.61 Å². The summed E-state index contributed by atoms with van der Waals surface area (Å²) in [4.78, 5) is 2.14. The largest absolute Gasteiger partial charge is 0.467 e. The molecule has 4 nitrogen and oxygen atoms in total. The van der Waals surface area contributed by atoms with Gasteiger partial charge in [0.15, 0.2) is 0 Å². The van der Waals surface area contributed by atoms with Gasteiger partial charge in [0, 0.05) is 24.5 Å². The Hall–Kier alpha value is -1.94. The molecule has 0 radical (unpaired) electrons. The highest BCUT2D eigenvalue weighted by Crippen LogP contribution is 2.18. The first-order chi connectivity index (χ1) is 9.33. The lowest BCUT2D eigenvalue weighted by atomic mass is 10.2. The Morgan fingerprint density at radius 3 is 2.58 bits per heavy atom. The smallest absolute Gasteiger partial charge is 0.122 e. The number of rotatable bonds is 7. The molecule has 0 bridgehead atoms. The number of nitrogens with zero attached hydrogens (tertiary/aromatic N) is 1. The van der Waals surface area contributed by atoms with Gasteiger partial charge in [0.2, 0.25) is 0 Å². The summed E-state index contributed by atoms with van der Waals surface area (Å²) in [5, 5.41) is 12.3. The zero-order chi connectivity index (χ0) is 13.5. The molecular formula is C15H20N2O2. The molecule has 1 aromatic heterocycles. The number of aliphatic hydroxyl groups is 1. The maximum atomic E-state index is 9.01. The number of hydrogen-bond donors (Lipinski definition) is 2. The minimum Gasteiger partial charge on any atom is -0.467 e. The molecule has 1 heterocycles. The van der Waals surface area contributed by atoms with E-state index in [1.54, 1.807) is 6.26 Å². The average Bonchev–Trinajstić information content (AvgIpc) is 2.96. The van der Waals surface area contributed by atoms with Crippen LogP contribution in [-0.4, -0.2) is 24.8 Å². The van der Waals surface area contributed by atoms with Gasteiger partial charge in [-0.1, -0.05) is 0 Å². The summed E-state index contributed by atoms with van der Waals surface area (Å²) in [6.45, 7) is 4.49. The van der Waals surface area contributed by atoms with Gasteiger partial charge in [-0.3, -0.25) is 0 Å². The molecule has 2 aromatic rings. The van der Waals surface area contributed by atoms with Crippen molar-refractivity contribution in [3.8, 4) is 0 Å². The first-order valence-corrected chi connectivity index (χ1v) is 6.55. The Kier molecular flexibility index (Phi) is 4.86. The second-order valence-corrected chi connectivity index (χ2v) is 4.28. The Labute approximate surface area is 113 Å². The molecule has 0 atom stereocenters. The van der Waals surface area contributed by atoms with Crippen LogP contribution in [0.15, 0.2) is 47.1 Å². The topological polar surface area (TPSA) is 48.6 Å². The van der Waals surface area contributed by atoms with Crippen LogP contribution in [0.3, 0.4) is 0 Å². The van der Waals surface area contributed by atoms with Crippen molar-refractivity contribution in [3.63, 3.8) is 0 Å². The first-order valence-electron chi connectivity index (χ1n) is 6.55. The van der Waals surface area contributed by atoms with Gasteiger partial charge in [0.05, 0.1) is 19.4 Å². The Balaban J connectivity index is 1.93. The highest BCUT2D eigenvalue weighted by Gasteiger charge is 2.03. The number of anilines is 2.